The number of nitrogens with zero attached hydrogens (tertiary/aromatic N) is 1. The molecule has 0 saturated carbocycles. The van der Waals surface area contributed by atoms with Crippen molar-refractivity contribution in [1.29, 1.82) is 0 Å². The SMILES string of the molecule is C=CCOc1ccc(CN(C[C@@H]2CCCO2)C(=O)[C@@H]2CCCc3ccccc32)cc1OC. The van der Waals surface area contributed by atoms with Crippen LogP contribution in [0.15, 0.2) is 55.1 Å². The van der Waals surface area contributed by atoms with Crippen molar-refractivity contribution in [2.45, 2.75) is 50.7 Å². The Morgan fingerprint density at radius 1 is 1.19 bits per heavy atom. The van der Waals surface area contributed by atoms with Gasteiger partial charge >= 0.3 is 0 Å². The molecule has 1 saturated heterocycles. The molecule has 1 heterocycles. The van der Waals surface area contributed by atoms with Crippen LogP contribution in [0.2, 0.25) is 0 Å². The molecule has 2 aromatic carbocycles. The molecule has 1 amide bonds. The van der Waals surface area contributed by atoms with Crippen molar-refractivity contribution in [2.24, 2.45) is 0 Å². The molecular formula is C27H33NO4. The Morgan fingerprint density at radius 2 is 2.06 bits per heavy atom. The van der Waals surface area contributed by atoms with Gasteiger partial charge in [0, 0.05) is 19.7 Å². The lowest BCUT2D eigenvalue weighted by Gasteiger charge is -2.32. The zero-order valence-electron chi connectivity index (χ0n) is 18.9. The third-order valence-electron chi connectivity index (χ3n) is 6.39. The minimum Gasteiger partial charge on any atom is -0.493 e. The van der Waals surface area contributed by atoms with Gasteiger partial charge in [-0.3, -0.25) is 4.79 Å². The maximum atomic E-state index is 13.8. The fourth-order valence-electron chi connectivity index (χ4n) is 4.80. The Hall–Kier alpha value is -2.79. The predicted octanol–water partition coefficient (Wildman–Crippen LogP) is 4.89. The molecule has 5 heteroatoms. The molecule has 0 bridgehead atoms. The highest BCUT2D eigenvalue weighted by molar-refractivity contribution is 5.84. The summed E-state index contributed by atoms with van der Waals surface area (Å²) in [5, 5.41) is 0. The van der Waals surface area contributed by atoms with Gasteiger partial charge in [0.1, 0.15) is 6.61 Å². The molecular weight excluding hydrogens is 402 g/mol. The van der Waals surface area contributed by atoms with Crippen LogP contribution in [-0.4, -0.2) is 43.8 Å². The standard InChI is InChI=1S/C27H33NO4/c1-3-15-32-25-14-13-20(17-26(25)30-2)18-28(19-22-10-7-16-31-22)27(29)24-12-6-9-21-8-4-5-11-23(21)24/h3-5,8,11,13-14,17,22,24H,1,6-7,9-10,12,15-16,18-19H2,2H3/t22-,24+/m0/s1. The molecule has 1 aliphatic carbocycles. The highest BCUT2D eigenvalue weighted by Crippen LogP contribution is 2.34. The maximum absolute atomic E-state index is 13.8. The van der Waals surface area contributed by atoms with Crippen LogP contribution in [0, 0.1) is 0 Å². The van der Waals surface area contributed by atoms with E-state index < -0.39 is 0 Å². The van der Waals surface area contributed by atoms with Crippen molar-refractivity contribution >= 4 is 5.91 Å². The van der Waals surface area contributed by atoms with E-state index in [2.05, 4.69) is 24.8 Å². The summed E-state index contributed by atoms with van der Waals surface area (Å²) in [6.07, 6.45) is 6.87. The van der Waals surface area contributed by atoms with E-state index in [1.165, 1.54) is 11.1 Å². The average molecular weight is 436 g/mol. The van der Waals surface area contributed by atoms with Gasteiger partial charge in [0.15, 0.2) is 11.5 Å². The number of rotatable bonds is 9. The molecule has 32 heavy (non-hydrogen) atoms. The van der Waals surface area contributed by atoms with Crippen molar-refractivity contribution in [3.63, 3.8) is 0 Å². The molecule has 1 aliphatic heterocycles. The molecule has 5 nitrogen and oxygen atoms in total. The first-order chi connectivity index (χ1) is 15.7. The smallest absolute Gasteiger partial charge is 0.230 e. The van der Waals surface area contributed by atoms with E-state index in [0.717, 1.165) is 44.3 Å². The lowest BCUT2D eigenvalue weighted by Crippen LogP contribution is -2.40. The topological polar surface area (TPSA) is 48.0 Å². The van der Waals surface area contributed by atoms with Crippen LogP contribution in [0.25, 0.3) is 0 Å². The Morgan fingerprint density at radius 3 is 2.84 bits per heavy atom. The lowest BCUT2D eigenvalue weighted by atomic mass is 9.82. The van der Waals surface area contributed by atoms with Crippen LogP contribution in [0.5, 0.6) is 11.5 Å². The average Bonchev–Trinajstić information content (AvgIpc) is 3.35. The van der Waals surface area contributed by atoms with E-state index >= 15 is 0 Å². The number of ether oxygens (including phenoxy) is 3. The minimum absolute atomic E-state index is 0.0848. The van der Waals surface area contributed by atoms with Gasteiger partial charge in [0.05, 0.1) is 19.1 Å². The van der Waals surface area contributed by atoms with Crippen LogP contribution in [0.4, 0.5) is 0 Å². The second kappa shape index (κ2) is 10.7. The van der Waals surface area contributed by atoms with E-state index in [9.17, 15) is 4.79 Å². The van der Waals surface area contributed by atoms with Crippen LogP contribution >= 0.6 is 0 Å². The van der Waals surface area contributed by atoms with Gasteiger partial charge in [-0.1, -0.05) is 43.0 Å². The number of methoxy groups -OCH3 is 1. The first-order valence-corrected chi connectivity index (χ1v) is 11.6. The maximum Gasteiger partial charge on any atom is 0.230 e. The zero-order chi connectivity index (χ0) is 22.3. The number of carbonyl (C=O) groups is 1. The molecule has 0 unspecified atom stereocenters. The summed E-state index contributed by atoms with van der Waals surface area (Å²) in [4.78, 5) is 15.8. The molecule has 1 fully saturated rings. The Balaban J connectivity index is 1.57. The molecule has 0 radical (unpaired) electrons. The van der Waals surface area contributed by atoms with Crippen molar-refractivity contribution in [3.8, 4) is 11.5 Å². The molecule has 2 aliphatic rings. The number of amides is 1. The van der Waals surface area contributed by atoms with E-state index in [-0.39, 0.29) is 17.9 Å². The summed E-state index contributed by atoms with van der Waals surface area (Å²) in [6, 6.07) is 14.3. The van der Waals surface area contributed by atoms with Gasteiger partial charge in [-0.05, 0) is 60.9 Å². The lowest BCUT2D eigenvalue weighted by molar-refractivity contribution is -0.135. The normalized spacial score (nSPS) is 19.8. The van der Waals surface area contributed by atoms with Crippen molar-refractivity contribution in [3.05, 3.63) is 71.8 Å². The number of hydrogen-bond donors (Lipinski definition) is 0. The fraction of sp³-hybridized carbons (Fsp3) is 0.444. The summed E-state index contributed by atoms with van der Waals surface area (Å²) in [7, 11) is 1.63. The number of hydrogen-bond acceptors (Lipinski definition) is 4. The second-order valence-corrected chi connectivity index (χ2v) is 8.58. The largest absolute Gasteiger partial charge is 0.493 e. The van der Waals surface area contributed by atoms with E-state index in [4.69, 9.17) is 14.2 Å². The summed E-state index contributed by atoms with van der Waals surface area (Å²) >= 11 is 0. The van der Waals surface area contributed by atoms with E-state index in [1.807, 2.05) is 29.2 Å². The Kier molecular flexibility index (Phi) is 7.48. The summed E-state index contributed by atoms with van der Waals surface area (Å²) < 4.78 is 17.1. The Bertz CT molecular complexity index is 935. The van der Waals surface area contributed by atoms with Gasteiger partial charge < -0.3 is 19.1 Å². The first kappa shape index (κ1) is 22.4. The first-order valence-electron chi connectivity index (χ1n) is 11.6. The summed E-state index contributed by atoms with van der Waals surface area (Å²) in [5.41, 5.74) is 3.51. The predicted molar refractivity (Wildman–Crippen MR) is 125 cm³/mol. The fourth-order valence-corrected chi connectivity index (χ4v) is 4.80. The molecule has 0 spiro atoms. The Labute approximate surface area is 191 Å². The van der Waals surface area contributed by atoms with Crippen molar-refractivity contribution in [2.75, 3.05) is 26.9 Å². The highest BCUT2D eigenvalue weighted by atomic mass is 16.5. The van der Waals surface area contributed by atoms with E-state index in [1.54, 1.807) is 13.2 Å². The minimum atomic E-state index is -0.0848. The monoisotopic (exact) mass is 435 g/mol. The molecule has 0 N–H and O–H groups in total. The molecule has 4 rings (SSSR count). The van der Waals surface area contributed by atoms with Gasteiger partial charge in [-0.2, -0.15) is 0 Å². The summed E-state index contributed by atoms with van der Waals surface area (Å²) in [6.45, 7) is 6.03. The van der Waals surface area contributed by atoms with Gasteiger partial charge in [0.25, 0.3) is 0 Å². The summed E-state index contributed by atoms with van der Waals surface area (Å²) in [5.74, 6) is 1.45. The van der Waals surface area contributed by atoms with Crippen LogP contribution in [-0.2, 0) is 22.5 Å². The van der Waals surface area contributed by atoms with Crippen LogP contribution < -0.4 is 9.47 Å². The molecule has 170 valence electrons. The molecule has 2 aromatic rings. The number of benzene rings is 2. The quantitative estimate of drug-likeness (QED) is 0.527. The molecule has 2 atom stereocenters. The number of fused-ring (bicyclic) bond motifs is 1. The van der Waals surface area contributed by atoms with Crippen LogP contribution in [0.3, 0.4) is 0 Å². The van der Waals surface area contributed by atoms with Crippen molar-refractivity contribution in [1.82, 2.24) is 4.90 Å². The molecule has 0 aromatic heterocycles. The number of aryl methyl sites for hydroxylation is 1. The van der Waals surface area contributed by atoms with Gasteiger partial charge in [-0.15, -0.1) is 0 Å². The number of carbonyl (C=O) groups excluding carboxylic acids is 1. The van der Waals surface area contributed by atoms with Crippen LogP contribution in [0.1, 0.15) is 48.3 Å². The van der Waals surface area contributed by atoms with E-state index in [0.29, 0.717) is 31.2 Å². The second-order valence-electron chi connectivity index (χ2n) is 8.58. The third-order valence-corrected chi connectivity index (χ3v) is 6.39. The zero-order valence-corrected chi connectivity index (χ0v) is 18.9. The van der Waals surface area contributed by atoms with Gasteiger partial charge in [0.2, 0.25) is 5.91 Å². The highest BCUT2D eigenvalue weighted by Gasteiger charge is 2.32. The van der Waals surface area contributed by atoms with Gasteiger partial charge in [-0.25, -0.2) is 0 Å². The third kappa shape index (κ3) is 5.16. The van der Waals surface area contributed by atoms with Crippen molar-refractivity contribution < 1.29 is 19.0 Å².